The van der Waals surface area contributed by atoms with Crippen molar-refractivity contribution in [2.75, 3.05) is 13.2 Å². The average molecular weight is 877 g/mol. The Hall–Kier alpha value is -3.41. The van der Waals surface area contributed by atoms with Crippen LogP contribution in [0.15, 0.2) is 85.1 Å². The second kappa shape index (κ2) is 51.2. The van der Waals surface area contributed by atoms with E-state index in [2.05, 4.69) is 69.4 Å². The van der Waals surface area contributed by atoms with Crippen LogP contribution < -0.4 is 0 Å². The molecule has 0 saturated heterocycles. The van der Waals surface area contributed by atoms with Gasteiger partial charge in [-0.3, -0.25) is 14.4 Å². The molecule has 360 valence electrons. The number of hydrogen-bond donors (Lipinski definition) is 0. The number of hydrogen-bond acceptors (Lipinski definition) is 6. The van der Waals surface area contributed by atoms with Crippen LogP contribution >= 0.6 is 0 Å². The van der Waals surface area contributed by atoms with Gasteiger partial charge in [-0.1, -0.05) is 247 Å². The minimum Gasteiger partial charge on any atom is -0.462 e. The van der Waals surface area contributed by atoms with Crippen molar-refractivity contribution >= 4 is 17.9 Å². The van der Waals surface area contributed by atoms with Crippen molar-refractivity contribution in [1.29, 1.82) is 0 Å². The van der Waals surface area contributed by atoms with Crippen molar-refractivity contribution in [3.63, 3.8) is 0 Å². The summed E-state index contributed by atoms with van der Waals surface area (Å²) in [5.41, 5.74) is 0. The Morgan fingerprint density at radius 1 is 0.333 bits per heavy atom. The van der Waals surface area contributed by atoms with Crippen molar-refractivity contribution in [2.24, 2.45) is 0 Å². The number of unbranched alkanes of at least 4 members (excludes halogenated alkanes) is 26. The smallest absolute Gasteiger partial charge is 0.306 e. The third-order valence-electron chi connectivity index (χ3n) is 11.1. The van der Waals surface area contributed by atoms with Gasteiger partial charge in [0.25, 0.3) is 0 Å². The number of carbonyl (C=O) groups excluding carboxylic acids is 3. The molecular weight excluding hydrogens is 781 g/mol. The van der Waals surface area contributed by atoms with Crippen LogP contribution in [0.25, 0.3) is 0 Å². The maximum absolute atomic E-state index is 12.8. The summed E-state index contributed by atoms with van der Waals surface area (Å²) in [5, 5.41) is 0. The summed E-state index contributed by atoms with van der Waals surface area (Å²) in [6.45, 7) is 6.32. The van der Waals surface area contributed by atoms with E-state index < -0.39 is 6.10 Å². The van der Waals surface area contributed by atoms with Crippen LogP contribution in [-0.4, -0.2) is 37.2 Å². The minimum absolute atomic E-state index is 0.0982. The molecule has 0 saturated carbocycles. The molecule has 1 unspecified atom stereocenters. The number of rotatable bonds is 46. The van der Waals surface area contributed by atoms with Crippen LogP contribution in [0.1, 0.15) is 239 Å². The third kappa shape index (κ3) is 49.5. The van der Waals surface area contributed by atoms with Crippen molar-refractivity contribution in [3.05, 3.63) is 85.1 Å². The van der Waals surface area contributed by atoms with Gasteiger partial charge in [-0.15, -0.1) is 0 Å². The van der Waals surface area contributed by atoms with Gasteiger partial charge in [0.1, 0.15) is 13.2 Å². The summed E-state index contributed by atoms with van der Waals surface area (Å²) in [7, 11) is 0. The Labute approximate surface area is 388 Å². The Kier molecular flexibility index (Phi) is 48.5. The van der Waals surface area contributed by atoms with Gasteiger partial charge in [-0.05, 0) is 57.8 Å². The zero-order chi connectivity index (χ0) is 45.8. The van der Waals surface area contributed by atoms with Crippen molar-refractivity contribution in [2.45, 2.75) is 245 Å². The third-order valence-corrected chi connectivity index (χ3v) is 11.1. The Morgan fingerprint density at radius 3 is 0.984 bits per heavy atom. The highest BCUT2D eigenvalue weighted by Gasteiger charge is 2.19. The van der Waals surface area contributed by atoms with E-state index in [4.69, 9.17) is 14.2 Å². The molecule has 63 heavy (non-hydrogen) atoms. The molecule has 0 rings (SSSR count). The molecule has 0 aliphatic rings. The number of esters is 3. The topological polar surface area (TPSA) is 78.9 Å². The summed E-state index contributed by atoms with van der Waals surface area (Å²) < 4.78 is 16.7. The van der Waals surface area contributed by atoms with Gasteiger partial charge < -0.3 is 14.2 Å². The molecular formula is C57H96O6. The fourth-order valence-electron chi connectivity index (χ4n) is 7.16. The first-order valence-corrected chi connectivity index (χ1v) is 26.2. The summed E-state index contributed by atoms with van der Waals surface area (Å²) >= 11 is 0. The van der Waals surface area contributed by atoms with Gasteiger partial charge in [0.15, 0.2) is 6.10 Å². The molecule has 0 amide bonds. The monoisotopic (exact) mass is 877 g/mol. The summed E-state index contributed by atoms with van der Waals surface area (Å²) in [6, 6.07) is 0. The molecule has 0 aromatic carbocycles. The van der Waals surface area contributed by atoms with Crippen LogP contribution in [0, 0.1) is 0 Å². The molecule has 0 aliphatic carbocycles. The van der Waals surface area contributed by atoms with E-state index in [0.717, 1.165) is 89.9 Å². The molecule has 0 heterocycles. The van der Waals surface area contributed by atoms with E-state index in [0.29, 0.717) is 19.3 Å². The zero-order valence-electron chi connectivity index (χ0n) is 41.1. The minimum atomic E-state index is -0.803. The normalized spacial score (nSPS) is 12.7. The van der Waals surface area contributed by atoms with Gasteiger partial charge in [-0.2, -0.15) is 0 Å². The van der Waals surface area contributed by atoms with Gasteiger partial charge in [0.2, 0.25) is 0 Å². The first-order valence-electron chi connectivity index (χ1n) is 26.2. The molecule has 0 radical (unpaired) electrons. The maximum atomic E-state index is 12.8. The molecule has 0 bridgehead atoms. The van der Waals surface area contributed by atoms with Gasteiger partial charge >= 0.3 is 17.9 Å². The predicted molar refractivity (Wildman–Crippen MR) is 270 cm³/mol. The lowest BCUT2D eigenvalue weighted by Crippen LogP contribution is -2.30. The standard InChI is InChI=1S/C57H96O6/c1-4-7-10-13-16-19-22-25-26-27-28-29-30-33-35-38-41-44-47-50-56(59)62-53-54(63-57(60)51-48-45-42-39-36-32-24-21-18-15-12-9-6-3)52-61-55(58)49-46-43-40-37-34-31-23-20-17-14-11-8-5-2/h8-9,11-12,14-15,17-18,20-21,23-24,32,36,54H,4-7,10,13,16,19,22,25-31,33-35,37-53H2,1-3H3/b11-8-,12-9-,17-14-,18-15-,23-20-,24-21-,36-32-. The molecule has 6 heteroatoms. The lowest BCUT2D eigenvalue weighted by atomic mass is 10.0. The van der Waals surface area contributed by atoms with Crippen molar-refractivity contribution in [1.82, 2.24) is 0 Å². The molecule has 0 spiro atoms. The predicted octanol–water partition coefficient (Wildman–Crippen LogP) is 17.2. The first kappa shape index (κ1) is 59.6. The molecule has 0 aromatic rings. The average Bonchev–Trinajstić information content (AvgIpc) is 3.28. The highest BCUT2D eigenvalue weighted by Crippen LogP contribution is 2.16. The first-order chi connectivity index (χ1) is 31.0. The number of ether oxygens (including phenoxy) is 3. The van der Waals surface area contributed by atoms with Crippen LogP contribution in [0.5, 0.6) is 0 Å². The van der Waals surface area contributed by atoms with E-state index in [9.17, 15) is 14.4 Å². The SMILES string of the molecule is CC\C=C/C=C\C=C/C=C\CCCCCC(=O)OC(COC(=O)CCCCCCC\C=C/C=C\C=C/CC)COC(=O)CCCCCCCCCCCCCCCCCCCCC. The Morgan fingerprint density at radius 2 is 0.619 bits per heavy atom. The largest absolute Gasteiger partial charge is 0.462 e. The Balaban J connectivity index is 4.39. The maximum Gasteiger partial charge on any atom is 0.306 e. The lowest BCUT2D eigenvalue weighted by molar-refractivity contribution is -0.167. The zero-order valence-corrected chi connectivity index (χ0v) is 41.1. The van der Waals surface area contributed by atoms with E-state index in [1.807, 2.05) is 36.5 Å². The Bertz CT molecular complexity index is 1240. The van der Waals surface area contributed by atoms with Gasteiger partial charge in [-0.25, -0.2) is 0 Å². The van der Waals surface area contributed by atoms with E-state index in [1.54, 1.807) is 0 Å². The molecule has 0 N–H and O–H groups in total. The fraction of sp³-hybridized carbons (Fsp3) is 0.702. The summed E-state index contributed by atoms with van der Waals surface area (Å²) in [4.78, 5) is 38.0. The van der Waals surface area contributed by atoms with Crippen LogP contribution in [-0.2, 0) is 28.6 Å². The van der Waals surface area contributed by atoms with Crippen LogP contribution in [0.2, 0.25) is 0 Å². The molecule has 6 nitrogen and oxygen atoms in total. The highest BCUT2D eigenvalue weighted by molar-refractivity contribution is 5.71. The fourth-order valence-corrected chi connectivity index (χ4v) is 7.16. The van der Waals surface area contributed by atoms with E-state index in [1.165, 1.54) is 103 Å². The second-order valence-corrected chi connectivity index (χ2v) is 17.2. The van der Waals surface area contributed by atoms with Gasteiger partial charge in [0, 0.05) is 19.3 Å². The highest BCUT2D eigenvalue weighted by atomic mass is 16.6. The van der Waals surface area contributed by atoms with E-state index >= 15 is 0 Å². The van der Waals surface area contributed by atoms with E-state index in [-0.39, 0.29) is 37.5 Å². The second-order valence-electron chi connectivity index (χ2n) is 17.2. The molecule has 0 aromatic heterocycles. The molecule has 0 aliphatic heterocycles. The lowest BCUT2D eigenvalue weighted by Gasteiger charge is -2.18. The van der Waals surface area contributed by atoms with Crippen molar-refractivity contribution in [3.8, 4) is 0 Å². The summed E-state index contributed by atoms with van der Waals surface area (Å²) in [6.07, 6.45) is 65.8. The number of allylic oxidation sites excluding steroid dienone is 14. The van der Waals surface area contributed by atoms with Crippen LogP contribution in [0.3, 0.4) is 0 Å². The van der Waals surface area contributed by atoms with Crippen LogP contribution in [0.4, 0.5) is 0 Å². The summed E-state index contributed by atoms with van der Waals surface area (Å²) in [5.74, 6) is -0.958. The number of carbonyl (C=O) groups is 3. The molecule has 1 atom stereocenters. The van der Waals surface area contributed by atoms with Gasteiger partial charge in [0.05, 0.1) is 0 Å². The molecule has 0 fully saturated rings. The quantitative estimate of drug-likeness (QED) is 0.0262. The van der Waals surface area contributed by atoms with Crippen molar-refractivity contribution < 1.29 is 28.6 Å².